The fourth-order valence-electron chi connectivity index (χ4n) is 2.30. The largest absolute Gasteiger partial charge is 0.489 e. The summed E-state index contributed by atoms with van der Waals surface area (Å²) < 4.78 is 10.8. The summed E-state index contributed by atoms with van der Waals surface area (Å²) in [5.74, 6) is -0.767. The van der Waals surface area contributed by atoms with E-state index in [1.807, 2.05) is 30.3 Å². The third kappa shape index (κ3) is 7.65. The Morgan fingerprint density at radius 1 is 0.966 bits per heavy atom. The van der Waals surface area contributed by atoms with Crippen molar-refractivity contribution in [1.82, 2.24) is 10.6 Å². The van der Waals surface area contributed by atoms with Gasteiger partial charge in [-0.25, -0.2) is 9.59 Å². The minimum atomic E-state index is -1.12. The van der Waals surface area contributed by atoms with Crippen LogP contribution in [0.15, 0.2) is 54.6 Å². The lowest BCUT2D eigenvalue weighted by Crippen LogP contribution is -2.50. The van der Waals surface area contributed by atoms with E-state index in [1.54, 1.807) is 45.0 Å². The van der Waals surface area contributed by atoms with Gasteiger partial charge in [-0.05, 0) is 57.5 Å². The second-order valence-electron chi connectivity index (χ2n) is 7.54. The van der Waals surface area contributed by atoms with E-state index < -0.39 is 29.6 Å². The topological polar surface area (TPSA) is 93.7 Å². The number of nitrogens with one attached hydrogen (secondary N) is 2. The predicted octanol–water partition coefficient (Wildman–Crippen LogP) is 3.44. The maximum Gasteiger partial charge on any atom is 0.338 e. The number of hydrogen-bond donors (Lipinski definition) is 2. The molecule has 7 nitrogen and oxygen atoms in total. The number of ether oxygens (including phenoxy) is 2. The normalized spacial score (nSPS) is 11.9. The molecular formula is C22H26N2O5. The van der Waals surface area contributed by atoms with Crippen molar-refractivity contribution in [2.24, 2.45) is 0 Å². The molecule has 2 aromatic carbocycles. The first-order valence-electron chi connectivity index (χ1n) is 9.25. The Balaban J connectivity index is 1.84. The molecule has 0 aromatic heterocycles. The third-order valence-electron chi connectivity index (χ3n) is 3.72. The summed E-state index contributed by atoms with van der Waals surface area (Å²) in [5.41, 5.74) is 0.816. The fourth-order valence-corrected chi connectivity index (χ4v) is 2.30. The summed E-state index contributed by atoms with van der Waals surface area (Å²) >= 11 is 0. The van der Waals surface area contributed by atoms with E-state index in [4.69, 9.17) is 9.47 Å². The Morgan fingerprint density at radius 3 is 2.17 bits per heavy atom. The molecule has 2 rings (SSSR count). The highest BCUT2D eigenvalue weighted by atomic mass is 16.5. The standard InChI is InChI=1S/C22H26N2O5/c1-15(19(25)23-21(27)24-22(2,3)4)29-20(26)17-10-12-18(13-11-17)28-14-16-8-6-5-7-9-16/h5-13,15H,14H2,1-4H3,(H2,23,24,25,27)/t15-/m1/s1. The summed E-state index contributed by atoms with van der Waals surface area (Å²) in [7, 11) is 0. The van der Waals surface area contributed by atoms with Crippen LogP contribution in [-0.4, -0.2) is 29.6 Å². The van der Waals surface area contributed by atoms with Crippen molar-refractivity contribution in [3.8, 4) is 5.75 Å². The molecule has 0 radical (unpaired) electrons. The van der Waals surface area contributed by atoms with Crippen LogP contribution in [-0.2, 0) is 16.1 Å². The highest BCUT2D eigenvalue weighted by Gasteiger charge is 2.22. The number of rotatable bonds is 6. The van der Waals surface area contributed by atoms with E-state index in [1.165, 1.54) is 6.92 Å². The zero-order chi connectivity index (χ0) is 21.4. The lowest BCUT2D eigenvalue weighted by Gasteiger charge is -2.21. The molecule has 0 aliphatic rings. The minimum Gasteiger partial charge on any atom is -0.489 e. The van der Waals surface area contributed by atoms with Crippen molar-refractivity contribution >= 4 is 17.9 Å². The van der Waals surface area contributed by atoms with E-state index in [2.05, 4.69) is 10.6 Å². The Hall–Kier alpha value is -3.35. The zero-order valence-electron chi connectivity index (χ0n) is 17.0. The molecule has 0 saturated heterocycles. The maximum atomic E-state index is 12.2. The monoisotopic (exact) mass is 398 g/mol. The first-order valence-corrected chi connectivity index (χ1v) is 9.25. The minimum absolute atomic E-state index is 0.274. The van der Waals surface area contributed by atoms with Crippen LogP contribution in [0.2, 0.25) is 0 Å². The van der Waals surface area contributed by atoms with Gasteiger partial charge >= 0.3 is 12.0 Å². The number of benzene rings is 2. The van der Waals surface area contributed by atoms with Crippen LogP contribution in [0.5, 0.6) is 5.75 Å². The molecule has 0 unspecified atom stereocenters. The molecule has 0 aliphatic carbocycles. The second-order valence-corrected chi connectivity index (χ2v) is 7.54. The zero-order valence-corrected chi connectivity index (χ0v) is 17.0. The molecular weight excluding hydrogens is 372 g/mol. The van der Waals surface area contributed by atoms with Gasteiger partial charge in [0.1, 0.15) is 12.4 Å². The molecule has 7 heteroatoms. The van der Waals surface area contributed by atoms with E-state index in [9.17, 15) is 14.4 Å². The highest BCUT2D eigenvalue weighted by Crippen LogP contribution is 2.15. The third-order valence-corrected chi connectivity index (χ3v) is 3.72. The van der Waals surface area contributed by atoms with Crippen LogP contribution >= 0.6 is 0 Å². The molecule has 0 saturated carbocycles. The lowest BCUT2D eigenvalue weighted by molar-refractivity contribution is -0.127. The molecule has 0 bridgehead atoms. The van der Waals surface area contributed by atoms with Gasteiger partial charge < -0.3 is 14.8 Å². The molecule has 3 amide bonds. The van der Waals surface area contributed by atoms with Crippen molar-refractivity contribution in [3.05, 3.63) is 65.7 Å². The number of amides is 3. The molecule has 0 heterocycles. The summed E-state index contributed by atoms with van der Waals surface area (Å²) in [6, 6.07) is 15.5. The van der Waals surface area contributed by atoms with Gasteiger partial charge in [-0.2, -0.15) is 0 Å². The maximum absolute atomic E-state index is 12.2. The van der Waals surface area contributed by atoms with E-state index in [-0.39, 0.29) is 5.56 Å². The van der Waals surface area contributed by atoms with Crippen molar-refractivity contribution in [2.75, 3.05) is 0 Å². The molecule has 154 valence electrons. The van der Waals surface area contributed by atoms with Crippen molar-refractivity contribution in [1.29, 1.82) is 0 Å². The number of carbonyl (C=O) groups is 3. The SMILES string of the molecule is C[C@@H](OC(=O)c1ccc(OCc2ccccc2)cc1)C(=O)NC(=O)NC(C)(C)C. The van der Waals surface area contributed by atoms with Crippen LogP contribution in [0, 0.1) is 0 Å². The predicted molar refractivity (Wildman–Crippen MR) is 109 cm³/mol. The van der Waals surface area contributed by atoms with E-state index >= 15 is 0 Å². The van der Waals surface area contributed by atoms with Crippen molar-refractivity contribution < 1.29 is 23.9 Å². The summed E-state index contributed by atoms with van der Waals surface area (Å²) in [6.45, 7) is 7.17. The molecule has 2 N–H and O–H groups in total. The summed E-state index contributed by atoms with van der Waals surface area (Å²) in [5, 5.41) is 4.74. The van der Waals surface area contributed by atoms with E-state index in [0.29, 0.717) is 12.4 Å². The van der Waals surface area contributed by atoms with Crippen molar-refractivity contribution in [3.63, 3.8) is 0 Å². The van der Waals surface area contributed by atoms with Gasteiger partial charge in [0.25, 0.3) is 5.91 Å². The van der Waals surface area contributed by atoms with Gasteiger partial charge in [-0.3, -0.25) is 10.1 Å². The Kier molecular flexibility index (Phi) is 7.36. The van der Waals surface area contributed by atoms with Crippen LogP contribution in [0.4, 0.5) is 4.79 Å². The van der Waals surface area contributed by atoms with Crippen LogP contribution in [0.1, 0.15) is 43.6 Å². The molecule has 1 atom stereocenters. The Bertz CT molecular complexity index is 842. The fraction of sp³-hybridized carbons (Fsp3) is 0.318. The Morgan fingerprint density at radius 2 is 1.59 bits per heavy atom. The average Bonchev–Trinajstić information content (AvgIpc) is 2.66. The van der Waals surface area contributed by atoms with Crippen molar-refractivity contribution in [2.45, 2.75) is 45.9 Å². The van der Waals surface area contributed by atoms with Gasteiger partial charge in [0.05, 0.1) is 5.56 Å². The second kappa shape index (κ2) is 9.73. The smallest absolute Gasteiger partial charge is 0.338 e. The number of carbonyl (C=O) groups excluding carboxylic acids is 3. The number of esters is 1. The number of hydrogen-bond acceptors (Lipinski definition) is 5. The molecule has 0 fully saturated rings. The van der Waals surface area contributed by atoms with Gasteiger partial charge in [0.15, 0.2) is 6.10 Å². The molecule has 2 aromatic rings. The van der Waals surface area contributed by atoms with Gasteiger partial charge in [0, 0.05) is 5.54 Å². The first kappa shape index (κ1) is 21.9. The van der Waals surface area contributed by atoms with Gasteiger partial charge in [-0.15, -0.1) is 0 Å². The molecule has 0 spiro atoms. The summed E-state index contributed by atoms with van der Waals surface area (Å²) in [6.07, 6.45) is -1.12. The van der Waals surface area contributed by atoms with Crippen LogP contribution in [0.3, 0.4) is 0 Å². The number of imide groups is 1. The highest BCUT2D eigenvalue weighted by molar-refractivity contribution is 5.98. The molecule has 0 aliphatic heterocycles. The average molecular weight is 398 g/mol. The number of urea groups is 1. The van der Waals surface area contributed by atoms with Crippen LogP contribution in [0.25, 0.3) is 0 Å². The van der Waals surface area contributed by atoms with Crippen LogP contribution < -0.4 is 15.4 Å². The van der Waals surface area contributed by atoms with Gasteiger partial charge in [0.2, 0.25) is 0 Å². The molecule has 29 heavy (non-hydrogen) atoms. The van der Waals surface area contributed by atoms with Gasteiger partial charge in [-0.1, -0.05) is 30.3 Å². The first-order chi connectivity index (χ1) is 13.6. The Labute approximate surface area is 170 Å². The quantitative estimate of drug-likeness (QED) is 0.727. The summed E-state index contributed by atoms with van der Waals surface area (Å²) in [4.78, 5) is 36.0. The van der Waals surface area contributed by atoms with E-state index in [0.717, 1.165) is 5.56 Å². The lowest BCUT2D eigenvalue weighted by atomic mass is 10.1.